The van der Waals surface area contributed by atoms with E-state index in [1.165, 1.54) is 28.3 Å². The first kappa shape index (κ1) is 14.3. The molecule has 19 heavy (non-hydrogen) atoms. The highest BCUT2D eigenvalue weighted by Crippen LogP contribution is 2.39. The van der Waals surface area contributed by atoms with Crippen LogP contribution in [0.5, 0.6) is 0 Å². The molecule has 2 heterocycles. The van der Waals surface area contributed by atoms with Crippen LogP contribution in [0.2, 0.25) is 0 Å². The number of hydrogen-bond acceptors (Lipinski definition) is 5. The molecule has 0 aliphatic heterocycles. The topological polar surface area (TPSA) is 71.8 Å². The van der Waals surface area contributed by atoms with Gasteiger partial charge in [-0.25, -0.2) is 4.98 Å². The van der Waals surface area contributed by atoms with E-state index in [-0.39, 0.29) is 16.9 Å². The molecule has 0 saturated carbocycles. The number of hydrogen-bond donors (Lipinski definition) is 2. The van der Waals surface area contributed by atoms with E-state index >= 15 is 0 Å². The van der Waals surface area contributed by atoms with E-state index in [1.54, 1.807) is 11.3 Å². The summed E-state index contributed by atoms with van der Waals surface area (Å²) in [6.07, 6.45) is 0. The van der Waals surface area contributed by atoms with Crippen LogP contribution in [0.25, 0.3) is 0 Å². The Labute approximate surface area is 120 Å². The SMILES string of the molecule is Cc1cc(=O)[nH]c(SC(c2sccc2C)C(C)N)n1. The summed E-state index contributed by atoms with van der Waals surface area (Å²) < 4.78 is 0. The Hall–Kier alpha value is -1.11. The Kier molecular flexibility index (Phi) is 4.44. The van der Waals surface area contributed by atoms with Crippen molar-refractivity contribution in [3.63, 3.8) is 0 Å². The highest BCUT2D eigenvalue weighted by Gasteiger charge is 2.22. The number of thiophene rings is 1. The minimum Gasteiger partial charge on any atom is -0.327 e. The Balaban J connectivity index is 2.32. The van der Waals surface area contributed by atoms with Crippen LogP contribution in [0.15, 0.2) is 27.5 Å². The predicted octanol–water partition coefficient (Wildman–Crippen LogP) is 2.63. The molecule has 0 bridgehead atoms. The number of H-pyrrole nitrogens is 1. The predicted molar refractivity (Wildman–Crippen MR) is 80.9 cm³/mol. The highest BCUT2D eigenvalue weighted by atomic mass is 32.2. The molecule has 2 unspecified atom stereocenters. The van der Waals surface area contributed by atoms with Gasteiger partial charge in [0.1, 0.15) is 0 Å². The van der Waals surface area contributed by atoms with E-state index in [2.05, 4.69) is 28.3 Å². The maximum atomic E-state index is 11.5. The lowest BCUT2D eigenvalue weighted by atomic mass is 10.1. The van der Waals surface area contributed by atoms with Gasteiger partial charge in [0.2, 0.25) is 0 Å². The Bertz CT molecular complexity index is 618. The zero-order chi connectivity index (χ0) is 14.0. The van der Waals surface area contributed by atoms with Gasteiger partial charge in [0.05, 0.1) is 5.25 Å². The molecule has 0 amide bonds. The minimum atomic E-state index is -0.124. The number of nitrogens with two attached hydrogens (primary N) is 1. The third-order valence-corrected chi connectivity index (χ3v) is 5.31. The Morgan fingerprint density at radius 2 is 2.21 bits per heavy atom. The van der Waals surface area contributed by atoms with Crippen molar-refractivity contribution in [2.24, 2.45) is 5.73 Å². The largest absolute Gasteiger partial charge is 0.327 e. The van der Waals surface area contributed by atoms with Crippen molar-refractivity contribution < 1.29 is 0 Å². The van der Waals surface area contributed by atoms with Crippen LogP contribution in [0.1, 0.15) is 28.3 Å². The zero-order valence-electron chi connectivity index (χ0n) is 11.1. The number of aromatic nitrogens is 2. The average molecular weight is 295 g/mol. The maximum absolute atomic E-state index is 11.5. The molecular formula is C13H17N3OS2. The molecule has 0 aliphatic carbocycles. The molecule has 2 rings (SSSR count). The van der Waals surface area contributed by atoms with E-state index in [4.69, 9.17) is 5.73 Å². The van der Waals surface area contributed by atoms with Gasteiger partial charge < -0.3 is 10.7 Å². The van der Waals surface area contributed by atoms with Crippen LogP contribution in [-0.4, -0.2) is 16.0 Å². The van der Waals surface area contributed by atoms with Gasteiger partial charge in [0.25, 0.3) is 5.56 Å². The van der Waals surface area contributed by atoms with Gasteiger partial charge >= 0.3 is 0 Å². The summed E-state index contributed by atoms with van der Waals surface area (Å²) in [4.78, 5) is 19.8. The lowest BCUT2D eigenvalue weighted by Crippen LogP contribution is -2.23. The van der Waals surface area contributed by atoms with Gasteiger partial charge in [0, 0.05) is 22.7 Å². The summed E-state index contributed by atoms with van der Waals surface area (Å²) in [5.41, 5.74) is 7.91. The van der Waals surface area contributed by atoms with Crippen molar-refractivity contribution in [2.45, 2.75) is 37.2 Å². The third-order valence-electron chi connectivity index (χ3n) is 2.72. The first-order valence-electron chi connectivity index (χ1n) is 6.01. The van der Waals surface area contributed by atoms with Gasteiger partial charge in [-0.05, 0) is 37.8 Å². The van der Waals surface area contributed by atoms with Gasteiger partial charge in [-0.15, -0.1) is 11.3 Å². The van der Waals surface area contributed by atoms with Crippen LogP contribution in [0.4, 0.5) is 0 Å². The fourth-order valence-corrected chi connectivity index (χ4v) is 4.24. The number of nitrogens with one attached hydrogen (secondary N) is 1. The molecule has 4 nitrogen and oxygen atoms in total. The van der Waals surface area contributed by atoms with Gasteiger partial charge in [-0.1, -0.05) is 11.8 Å². The molecular weight excluding hydrogens is 278 g/mol. The average Bonchev–Trinajstić information content (AvgIpc) is 2.70. The molecule has 2 aromatic heterocycles. The van der Waals surface area contributed by atoms with Crippen molar-refractivity contribution in [3.05, 3.63) is 44.0 Å². The highest BCUT2D eigenvalue weighted by molar-refractivity contribution is 7.99. The third kappa shape index (κ3) is 3.46. The molecule has 0 radical (unpaired) electrons. The van der Waals surface area contributed by atoms with Gasteiger partial charge in [-0.3, -0.25) is 4.79 Å². The number of nitrogens with zero attached hydrogens (tertiary/aromatic N) is 1. The summed E-state index contributed by atoms with van der Waals surface area (Å²) >= 11 is 3.21. The first-order valence-corrected chi connectivity index (χ1v) is 7.77. The monoisotopic (exact) mass is 295 g/mol. The minimum absolute atomic E-state index is 0.0202. The van der Waals surface area contributed by atoms with Gasteiger partial charge in [0.15, 0.2) is 5.16 Å². The van der Waals surface area contributed by atoms with Crippen LogP contribution in [-0.2, 0) is 0 Å². The van der Waals surface area contributed by atoms with Crippen molar-refractivity contribution in [1.82, 2.24) is 9.97 Å². The molecule has 102 valence electrons. The second-order valence-corrected chi connectivity index (χ2v) is 6.64. The number of thioether (sulfide) groups is 1. The van der Waals surface area contributed by atoms with Crippen LogP contribution >= 0.6 is 23.1 Å². The summed E-state index contributed by atoms with van der Waals surface area (Å²) in [5.74, 6) is 0. The summed E-state index contributed by atoms with van der Waals surface area (Å²) in [7, 11) is 0. The number of aryl methyl sites for hydroxylation is 2. The van der Waals surface area contributed by atoms with E-state index in [1.807, 2.05) is 13.8 Å². The molecule has 3 N–H and O–H groups in total. The quantitative estimate of drug-likeness (QED) is 0.672. The molecule has 0 aliphatic rings. The van der Waals surface area contributed by atoms with Gasteiger partial charge in [-0.2, -0.15) is 0 Å². The Morgan fingerprint density at radius 1 is 1.47 bits per heavy atom. The standard InChI is InChI=1S/C13H17N3OS2/c1-7-4-5-18-11(7)12(9(3)14)19-13-15-8(2)6-10(17)16-13/h4-6,9,12H,14H2,1-3H3,(H,15,16,17). The van der Waals surface area contributed by atoms with Crippen molar-refractivity contribution >= 4 is 23.1 Å². The van der Waals surface area contributed by atoms with E-state index < -0.39 is 0 Å². The lowest BCUT2D eigenvalue weighted by Gasteiger charge is -2.19. The maximum Gasteiger partial charge on any atom is 0.251 e. The fraction of sp³-hybridized carbons (Fsp3) is 0.385. The molecule has 2 aromatic rings. The summed E-state index contributed by atoms with van der Waals surface area (Å²) in [6, 6.07) is 3.55. The number of aromatic amines is 1. The second-order valence-electron chi connectivity index (χ2n) is 4.56. The van der Waals surface area contributed by atoms with E-state index in [9.17, 15) is 4.79 Å². The van der Waals surface area contributed by atoms with E-state index in [0.29, 0.717) is 5.16 Å². The van der Waals surface area contributed by atoms with Crippen molar-refractivity contribution in [3.8, 4) is 0 Å². The van der Waals surface area contributed by atoms with Crippen LogP contribution < -0.4 is 11.3 Å². The summed E-state index contributed by atoms with van der Waals surface area (Å²) in [5, 5.41) is 2.79. The first-order chi connectivity index (χ1) is 8.97. The van der Waals surface area contributed by atoms with Crippen molar-refractivity contribution in [2.75, 3.05) is 0 Å². The molecule has 6 heteroatoms. The molecule has 2 atom stereocenters. The smallest absolute Gasteiger partial charge is 0.251 e. The van der Waals surface area contributed by atoms with Crippen molar-refractivity contribution in [1.29, 1.82) is 0 Å². The summed E-state index contributed by atoms with van der Waals surface area (Å²) in [6.45, 7) is 5.87. The number of rotatable bonds is 4. The molecule has 0 fully saturated rings. The normalized spacial score (nSPS) is 14.3. The lowest BCUT2D eigenvalue weighted by molar-refractivity contribution is 0.722. The zero-order valence-corrected chi connectivity index (χ0v) is 12.8. The van der Waals surface area contributed by atoms with Crippen LogP contribution in [0, 0.1) is 13.8 Å². The molecule has 0 aromatic carbocycles. The molecule has 0 saturated heterocycles. The fourth-order valence-electron chi connectivity index (χ4n) is 1.80. The molecule has 0 spiro atoms. The Morgan fingerprint density at radius 3 is 2.74 bits per heavy atom. The van der Waals surface area contributed by atoms with Crippen LogP contribution in [0.3, 0.4) is 0 Å². The van der Waals surface area contributed by atoms with E-state index in [0.717, 1.165) is 5.69 Å². The second kappa shape index (κ2) is 5.90.